The second-order valence-corrected chi connectivity index (χ2v) is 4.04. The molecule has 0 aliphatic rings. The highest BCUT2D eigenvalue weighted by molar-refractivity contribution is 7.85. The van der Waals surface area contributed by atoms with E-state index in [9.17, 15) is 13.2 Å². The Balaban J connectivity index is 3.88. The molecule has 82 valence electrons. The van der Waals surface area contributed by atoms with Crippen LogP contribution in [0.1, 0.15) is 13.3 Å². The number of carbonyl (C=O) groups excluding carboxylic acids is 1. The highest BCUT2D eigenvalue weighted by Crippen LogP contribution is 1.98. The molecule has 1 atom stereocenters. The van der Waals surface area contributed by atoms with Crippen LogP contribution in [0.5, 0.6) is 0 Å². The summed E-state index contributed by atoms with van der Waals surface area (Å²) < 4.78 is 33.1. The van der Waals surface area contributed by atoms with Crippen LogP contribution < -0.4 is 0 Å². The lowest BCUT2D eigenvalue weighted by molar-refractivity contribution is -0.161. The van der Waals surface area contributed by atoms with Gasteiger partial charge >= 0.3 is 5.97 Å². The van der Waals surface area contributed by atoms with Crippen LogP contribution in [-0.4, -0.2) is 36.1 Å². The van der Waals surface area contributed by atoms with Crippen LogP contribution >= 0.6 is 0 Å². The van der Waals surface area contributed by atoms with Crippen molar-refractivity contribution < 1.29 is 27.6 Å². The lowest BCUT2D eigenvalue weighted by Gasteiger charge is -2.08. The molecular weight excluding hydrogens is 212 g/mol. The van der Waals surface area contributed by atoms with Crippen LogP contribution in [0.15, 0.2) is 12.2 Å². The van der Waals surface area contributed by atoms with Gasteiger partial charge in [0.05, 0.1) is 5.75 Å². The molecule has 0 rings (SSSR count). The highest BCUT2D eigenvalue weighted by atomic mass is 32.2. The molecule has 14 heavy (non-hydrogen) atoms. The average molecular weight is 224 g/mol. The van der Waals surface area contributed by atoms with Crippen molar-refractivity contribution in [2.45, 2.75) is 19.6 Å². The molecule has 6 nitrogen and oxygen atoms in total. The van der Waals surface area contributed by atoms with Crippen LogP contribution in [0.3, 0.4) is 0 Å². The standard InChI is InChI=1S/C7H12O6S/c1-2-3-6(8)13-7(9)4-5-14(10,11)12/h2-3,7,9H,4-5H2,1H3,(H,10,11,12). The van der Waals surface area contributed by atoms with E-state index >= 15 is 0 Å². The molecule has 0 aliphatic heterocycles. The monoisotopic (exact) mass is 224 g/mol. The zero-order valence-corrected chi connectivity index (χ0v) is 8.40. The van der Waals surface area contributed by atoms with Crippen molar-refractivity contribution in [1.82, 2.24) is 0 Å². The van der Waals surface area contributed by atoms with Crippen molar-refractivity contribution in [3.8, 4) is 0 Å². The van der Waals surface area contributed by atoms with E-state index in [1.54, 1.807) is 6.92 Å². The van der Waals surface area contributed by atoms with E-state index in [1.807, 2.05) is 0 Å². The summed E-state index contributed by atoms with van der Waals surface area (Å²) in [5.41, 5.74) is 0. The van der Waals surface area contributed by atoms with Crippen LogP contribution in [-0.2, 0) is 19.6 Å². The molecule has 0 aromatic rings. The summed E-state index contributed by atoms with van der Waals surface area (Å²) in [6.07, 6.45) is 0.608. The van der Waals surface area contributed by atoms with Crippen LogP contribution in [0.25, 0.3) is 0 Å². The molecule has 0 spiro atoms. The minimum absolute atomic E-state index is 0.359. The Hall–Kier alpha value is -0.920. The number of ether oxygens (including phenoxy) is 1. The van der Waals surface area contributed by atoms with Crippen molar-refractivity contribution in [3.63, 3.8) is 0 Å². The fourth-order valence-corrected chi connectivity index (χ4v) is 1.12. The van der Waals surface area contributed by atoms with Gasteiger partial charge in [-0.15, -0.1) is 0 Å². The largest absolute Gasteiger partial charge is 0.433 e. The fourth-order valence-electron chi connectivity index (χ4n) is 0.618. The zero-order chi connectivity index (χ0) is 11.2. The highest BCUT2D eigenvalue weighted by Gasteiger charge is 2.13. The average Bonchev–Trinajstić information content (AvgIpc) is 2.00. The number of rotatable bonds is 5. The molecule has 0 aromatic heterocycles. The zero-order valence-electron chi connectivity index (χ0n) is 7.58. The number of aliphatic hydroxyl groups excluding tert-OH is 1. The quantitative estimate of drug-likeness (QED) is 0.288. The Labute approximate surface area is 81.9 Å². The number of carbonyl (C=O) groups is 1. The Bertz CT molecular complexity index is 304. The summed E-state index contributed by atoms with van der Waals surface area (Å²) in [6.45, 7) is 1.59. The number of hydrogen-bond donors (Lipinski definition) is 2. The third kappa shape index (κ3) is 7.71. The van der Waals surface area contributed by atoms with Gasteiger partial charge in [-0.25, -0.2) is 4.79 Å². The molecule has 1 unspecified atom stereocenters. The maximum Gasteiger partial charge on any atom is 0.332 e. The SMILES string of the molecule is CC=CC(=O)OC(O)CCS(=O)(=O)O. The van der Waals surface area contributed by atoms with Crippen LogP contribution in [0, 0.1) is 0 Å². The normalized spacial score (nSPS) is 14.2. The van der Waals surface area contributed by atoms with Gasteiger partial charge in [-0.05, 0) is 6.92 Å². The lowest BCUT2D eigenvalue weighted by Crippen LogP contribution is -2.20. The molecular formula is C7H12O6S. The Morgan fingerprint density at radius 3 is 2.57 bits per heavy atom. The predicted molar refractivity (Wildman–Crippen MR) is 47.9 cm³/mol. The number of hydrogen-bond acceptors (Lipinski definition) is 5. The molecule has 0 amide bonds. The Morgan fingerprint density at radius 1 is 1.57 bits per heavy atom. The smallest absolute Gasteiger partial charge is 0.332 e. The van der Waals surface area contributed by atoms with Gasteiger partial charge in [0.1, 0.15) is 0 Å². The summed E-state index contributed by atoms with van der Waals surface area (Å²) >= 11 is 0. The molecule has 0 radical (unpaired) electrons. The van der Waals surface area contributed by atoms with E-state index in [0.717, 1.165) is 6.08 Å². The fraction of sp³-hybridized carbons (Fsp3) is 0.571. The van der Waals surface area contributed by atoms with Gasteiger partial charge < -0.3 is 9.84 Å². The minimum atomic E-state index is -4.14. The van der Waals surface area contributed by atoms with E-state index in [2.05, 4.69) is 4.74 Å². The lowest BCUT2D eigenvalue weighted by atomic mass is 10.4. The summed E-state index contributed by atoms with van der Waals surface area (Å²) in [5, 5.41) is 8.96. The molecule has 0 fully saturated rings. The van der Waals surface area contributed by atoms with Gasteiger partial charge in [0.25, 0.3) is 10.1 Å². The van der Waals surface area contributed by atoms with Crippen LogP contribution in [0.2, 0.25) is 0 Å². The first-order valence-corrected chi connectivity index (χ1v) is 5.42. The predicted octanol–water partition coefficient (Wildman–Crippen LogP) is -0.298. The molecule has 0 aliphatic carbocycles. The van der Waals surface area contributed by atoms with Gasteiger partial charge in [0, 0.05) is 12.5 Å². The maximum absolute atomic E-state index is 10.7. The van der Waals surface area contributed by atoms with Crippen molar-refractivity contribution in [2.24, 2.45) is 0 Å². The minimum Gasteiger partial charge on any atom is -0.433 e. The molecule has 0 heterocycles. The van der Waals surface area contributed by atoms with E-state index in [-0.39, 0.29) is 6.42 Å². The third-order valence-electron chi connectivity index (χ3n) is 1.18. The van der Waals surface area contributed by atoms with Gasteiger partial charge in [0.15, 0.2) is 0 Å². The molecule has 0 aromatic carbocycles. The summed E-state index contributed by atoms with van der Waals surface area (Å²) in [5.74, 6) is -1.42. The first-order chi connectivity index (χ1) is 6.35. The number of aliphatic hydroxyl groups is 1. The first kappa shape index (κ1) is 13.1. The van der Waals surface area contributed by atoms with Crippen molar-refractivity contribution in [3.05, 3.63) is 12.2 Å². The van der Waals surface area contributed by atoms with Crippen LogP contribution in [0.4, 0.5) is 0 Å². The summed E-state index contributed by atoms with van der Waals surface area (Å²) in [6, 6.07) is 0. The first-order valence-electron chi connectivity index (χ1n) is 3.81. The van der Waals surface area contributed by atoms with E-state index in [4.69, 9.17) is 9.66 Å². The molecule has 7 heteroatoms. The number of allylic oxidation sites excluding steroid dienone is 1. The summed E-state index contributed by atoms with van der Waals surface area (Å²) in [4.78, 5) is 10.7. The molecule has 0 saturated heterocycles. The molecule has 0 bridgehead atoms. The van der Waals surface area contributed by atoms with Gasteiger partial charge in [-0.2, -0.15) is 8.42 Å². The third-order valence-corrected chi connectivity index (χ3v) is 1.93. The second kappa shape index (κ2) is 5.74. The Kier molecular flexibility index (Phi) is 5.36. The van der Waals surface area contributed by atoms with Crippen molar-refractivity contribution in [1.29, 1.82) is 0 Å². The van der Waals surface area contributed by atoms with E-state index in [0.29, 0.717) is 0 Å². The van der Waals surface area contributed by atoms with Gasteiger partial charge in [-0.1, -0.05) is 6.08 Å². The Morgan fingerprint density at radius 2 is 2.14 bits per heavy atom. The maximum atomic E-state index is 10.7. The molecule has 0 saturated carbocycles. The topological polar surface area (TPSA) is 101 Å². The number of esters is 1. The second-order valence-electron chi connectivity index (χ2n) is 2.47. The van der Waals surface area contributed by atoms with Crippen molar-refractivity contribution in [2.75, 3.05) is 5.75 Å². The molecule has 2 N–H and O–H groups in total. The van der Waals surface area contributed by atoms with Gasteiger partial charge in [0.2, 0.25) is 6.29 Å². The van der Waals surface area contributed by atoms with E-state index < -0.39 is 28.1 Å². The van der Waals surface area contributed by atoms with Gasteiger partial charge in [-0.3, -0.25) is 4.55 Å². The summed E-state index contributed by atoms with van der Waals surface area (Å²) in [7, 11) is -4.14. The van der Waals surface area contributed by atoms with E-state index in [1.165, 1.54) is 6.08 Å². The van der Waals surface area contributed by atoms with Crippen molar-refractivity contribution >= 4 is 16.1 Å².